The number of ether oxygens (including phenoxy) is 4. The molecule has 1 aliphatic rings. The van der Waals surface area contributed by atoms with Crippen LogP contribution in [0.2, 0.25) is 5.02 Å². The molecule has 0 spiro atoms. The molecule has 1 N–H and O–H groups in total. The molecule has 0 radical (unpaired) electrons. The predicted molar refractivity (Wildman–Crippen MR) is 122 cm³/mol. The lowest BCUT2D eigenvalue weighted by molar-refractivity contribution is 0.0693. The van der Waals surface area contributed by atoms with E-state index in [4.69, 9.17) is 30.5 Å². The van der Waals surface area contributed by atoms with Crippen molar-refractivity contribution in [1.82, 2.24) is 4.57 Å². The smallest absolute Gasteiger partial charge is 0.341 e. The zero-order valence-electron chi connectivity index (χ0n) is 18.3. The number of hydrogen-bond acceptors (Lipinski definition) is 6. The SMILES string of the molecule is COCCCOc1cc2c(cc1Cl)-c1cc(=O)c(C(=O)O)cn1C(c1cc(F)ccc1OC)O2. The lowest BCUT2D eigenvalue weighted by atomic mass is 10.0. The van der Waals surface area contributed by atoms with Gasteiger partial charge in [0, 0.05) is 44.0 Å². The van der Waals surface area contributed by atoms with Gasteiger partial charge in [0.25, 0.3) is 0 Å². The number of benzene rings is 2. The molecule has 0 amide bonds. The van der Waals surface area contributed by atoms with Gasteiger partial charge >= 0.3 is 5.97 Å². The topological polar surface area (TPSA) is 96.2 Å². The number of carboxylic acid groups (broad SMARTS) is 1. The summed E-state index contributed by atoms with van der Waals surface area (Å²) in [6.45, 7) is 0.869. The molecular formula is C24H21ClFNO7. The molecule has 34 heavy (non-hydrogen) atoms. The van der Waals surface area contributed by atoms with Gasteiger partial charge in [0.2, 0.25) is 6.23 Å². The van der Waals surface area contributed by atoms with E-state index in [0.29, 0.717) is 53.7 Å². The summed E-state index contributed by atoms with van der Waals surface area (Å²) in [6, 6.07) is 8.26. The summed E-state index contributed by atoms with van der Waals surface area (Å²) < 4.78 is 38.0. The van der Waals surface area contributed by atoms with E-state index in [-0.39, 0.29) is 5.02 Å². The van der Waals surface area contributed by atoms with Gasteiger partial charge in [-0.15, -0.1) is 0 Å². The number of nitrogens with zero attached hydrogens (tertiary/aromatic N) is 1. The molecule has 2 aromatic carbocycles. The van der Waals surface area contributed by atoms with Gasteiger partial charge in [-0.2, -0.15) is 0 Å². The zero-order chi connectivity index (χ0) is 24.4. The van der Waals surface area contributed by atoms with E-state index in [9.17, 15) is 19.1 Å². The molecule has 4 rings (SSSR count). The Morgan fingerprint density at radius 1 is 1.18 bits per heavy atom. The fourth-order valence-corrected chi connectivity index (χ4v) is 3.96. The van der Waals surface area contributed by atoms with E-state index in [2.05, 4.69) is 0 Å². The summed E-state index contributed by atoms with van der Waals surface area (Å²) in [6.07, 6.45) is 0.778. The van der Waals surface area contributed by atoms with Gasteiger partial charge in [0.1, 0.15) is 28.6 Å². The number of methoxy groups -OCH3 is 2. The van der Waals surface area contributed by atoms with Crippen LogP contribution in [-0.4, -0.2) is 43.1 Å². The van der Waals surface area contributed by atoms with Crippen molar-refractivity contribution in [1.29, 1.82) is 0 Å². The van der Waals surface area contributed by atoms with Gasteiger partial charge in [-0.25, -0.2) is 9.18 Å². The molecule has 10 heteroatoms. The minimum atomic E-state index is -1.39. The number of carbonyl (C=O) groups is 1. The molecule has 178 valence electrons. The number of rotatable bonds is 8. The second kappa shape index (κ2) is 9.74. The van der Waals surface area contributed by atoms with Gasteiger partial charge in [0.15, 0.2) is 5.43 Å². The van der Waals surface area contributed by atoms with Crippen molar-refractivity contribution in [2.24, 2.45) is 0 Å². The van der Waals surface area contributed by atoms with E-state index >= 15 is 0 Å². The number of fused-ring (bicyclic) bond motifs is 3. The Hall–Kier alpha value is -3.56. The third kappa shape index (κ3) is 4.44. The van der Waals surface area contributed by atoms with Crippen LogP contribution in [0, 0.1) is 5.82 Å². The molecule has 0 aliphatic carbocycles. The molecule has 1 unspecified atom stereocenters. The standard InChI is InChI=1S/C24H21ClFNO7/c1-31-6-3-7-33-22-11-21-14(9-17(22)25)18-10-19(28)16(24(29)30)12-27(18)23(34-21)15-8-13(26)4-5-20(15)32-2/h4-5,8-12,23H,3,6-7H2,1-2H3,(H,29,30). The highest BCUT2D eigenvalue weighted by Gasteiger charge is 2.31. The van der Waals surface area contributed by atoms with Crippen LogP contribution >= 0.6 is 11.6 Å². The van der Waals surface area contributed by atoms with Crippen LogP contribution in [0.4, 0.5) is 4.39 Å². The van der Waals surface area contributed by atoms with Gasteiger partial charge in [-0.3, -0.25) is 4.79 Å². The molecule has 8 nitrogen and oxygen atoms in total. The molecule has 0 saturated heterocycles. The van der Waals surface area contributed by atoms with Gasteiger partial charge in [-0.05, 0) is 24.3 Å². The number of aromatic nitrogens is 1. The van der Waals surface area contributed by atoms with Crippen molar-refractivity contribution in [3.05, 3.63) is 74.8 Å². The summed E-state index contributed by atoms with van der Waals surface area (Å²) in [5, 5.41) is 9.76. The molecule has 0 saturated carbocycles. The Balaban J connectivity index is 1.89. The van der Waals surface area contributed by atoms with Crippen molar-refractivity contribution in [3.63, 3.8) is 0 Å². The van der Waals surface area contributed by atoms with E-state index < -0.39 is 29.0 Å². The van der Waals surface area contributed by atoms with E-state index in [1.54, 1.807) is 19.2 Å². The Kier molecular flexibility index (Phi) is 6.76. The first kappa shape index (κ1) is 23.6. The molecule has 0 fully saturated rings. The van der Waals surface area contributed by atoms with Crippen molar-refractivity contribution in [2.45, 2.75) is 12.6 Å². The minimum absolute atomic E-state index is 0.280. The van der Waals surface area contributed by atoms with Crippen LogP contribution in [0.25, 0.3) is 11.3 Å². The summed E-state index contributed by atoms with van der Waals surface area (Å²) in [7, 11) is 3.02. The maximum absolute atomic E-state index is 14.2. The fourth-order valence-electron chi connectivity index (χ4n) is 3.74. The van der Waals surface area contributed by atoms with Crippen LogP contribution in [0.5, 0.6) is 17.2 Å². The average molecular weight is 490 g/mol. The van der Waals surface area contributed by atoms with Crippen molar-refractivity contribution >= 4 is 17.6 Å². The zero-order valence-corrected chi connectivity index (χ0v) is 19.1. The molecule has 3 aromatic rings. The Bertz CT molecular complexity index is 1310. The van der Waals surface area contributed by atoms with E-state index in [0.717, 1.165) is 0 Å². The normalized spacial score (nSPS) is 14.1. The van der Waals surface area contributed by atoms with Gasteiger partial charge in [0.05, 0.1) is 30.0 Å². The lowest BCUT2D eigenvalue weighted by Crippen LogP contribution is -2.28. The van der Waals surface area contributed by atoms with Crippen LogP contribution in [0.3, 0.4) is 0 Å². The third-order valence-corrected chi connectivity index (χ3v) is 5.61. The fraction of sp³-hybridized carbons (Fsp3) is 0.250. The summed E-state index contributed by atoms with van der Waals surface area (Å²) >= 11 is 6.42. The quantitative estimate of drug-likeness (QED) is 0.469. The molecule has 1 aliphatic heterocycles. The first-order valence-electron chi connectivity index (χ1n) is 10.3. The Morgan fingerprint density at radius 2 is 1.97 bits per heavy atom. The number of hydrogen-bond donors (Lipinski definition) is 1. The van der Waals surface area contributed by atoms with Crippen molar-refractivity contribution in [3.8, 4) is 28.5 Å². The molecule has 0 bridgehead atoms. The number of pyridine rings is 1. The first-order valence-corrected chi connectivity index (χ1v) is 10.7. The Labute approximate surface area is 199 Å². The van der Waals surface area contributed by atoms with Gasteiger partial charge < -0.3 is 28.6 Å². The maximum atomic E-state index is 14.2. The molecule has 1 aromatic heterocycles. The van der Waals surface area contributed by atoms with Crippen molar-refractivity contribution < 1.29 is 33.2 Å². The maximum Gasteiger partial charge on any atom is 0.341 e. The highest BCUT2D eigenvalue weighted by atomic mass is 35.5. The Morgan fingerprint density at radius 3 is 2.68 bits per heavy atom. The monoisotopic (exact) mass is 489 g/mol. The summed E-state index contributed by atoms with van der Waals surface area (Å²) in [4.78, 5) is 24.2. The molecule has 2 heterocycles. The molecule has 1 atom stereocenters. The van der Waals surface area contributed by atoms with Gasteiger partial charge in [-0.1, -0.05) is 11.6 Å². The van der Waals surface area contributed by atoms with Crippen LogP contribution in [0.15, 0.2) is 47.4 Å². The minimum Gasteiger partial charge on any atom is -0.496 e. The van der Waals surface area contributed by atoms with Crippen LogP contribution in [-0.2, 0) is 4.74 Å². The number of aromatic carboxylic acids is 1. The lowest BCUT2D eigenvalue weighted by Gasteiger charge is -2.32. The second-order valence-electron chi connectivity index (χ2n) is 7.48. The van der Waals surface area contributed by atoms with Crippen molar-refractivity contribution in [2.75, 3.05) is 27.4 Å². The second-order valence-corrected chi connectivity index (χ2v) is 7.89. The van der Waals surface area contributed by atoms with Crippen LogP contribution < -0.4 is 19.6 Å². The summed E-state index contributed by atoms with van der Waals surface area (Å²) in [5.74, 6) is -0.927. The van der Waals surface area contributed by atoms with E-state index in [1.807, 2.05) is 0 Å². The van der Waals surface area contributed by atoms with E-state index in [1.165, 1.54) is 42.1 Å². The predicted octanol–water partition coefficient (Wildman–Crippen LogP) is 4.37. The first-order chi connectivity index (χ1) is 16.3. The van der Waals surface area contributed by atoms with Crippen LogP contribution in [0.1, 0.15) is 28.6 Å². The average Bonchev–Trinajstić information content (AvgIpc) is 2.81. The number of halogens is 2. The number of carboxylic acids is 1. The third-order valence-electron chi connectivity index (χ3n) is 5.32. The largest absolute Gasteiger partial charge is 0.496 e. The highest BCUT2D eigenvalue weighted by Crippen LogP contribution is 2.46. The summed E-state index contributed by atoms with van der Waals surface area (Å²) in [5.41, 5.74) is -0.0462. The molecular weight excluding hydrogens is 469 g/mol. The highest BCUT2D eigenvalue weighted by molar-refractivity contribution is 6.32.